The fourth-order valence-corrected chi connectivity index (χ4v) is 2.47. The molecule has 0 atom stereocenters. The first-order valence-corrected chi connectivity index (χ1v) is 6.93. The summed E-state index contributed by atoms with van der Waals surface area (Å²) >= 11 is 9.24. The minimum Gasteiger partial charge on any atom is -0.456 e. The Hall–Kier alpha value is -1.25. The van der Waals surface area contributed by atoms with Crippen molar-refractivity contribution in [2.75, 3.05) is 0 Å². The molecule has 1 nitrogen and oxygen atoms in total. The molecular formula is C15H10BrClO. The monoisotopic (exact) mass is 320 g/mol. The molecule has 2 aromatic carbocycles. The lowest BCUT2D eigenvalue weighted by Crippen LogP contribution is -1.77. The van der Waals surface area contributed by atoms with Crippen molar-refractivity contribution in [3.05, 3.63) is 58.6 Å². The van der Waals surface area contributed by atoms with Crippen LogP contribution in [0.2, 0.25) is 0 Å². The van der Waals surface area contributed by atoms with Crippen LogP contribution in [0.15, 0.2) is 57.4 Å². The van der Waals surface area contributed by atoms with Crippen LogP contribution in [0, 0.1) is 0 Å². The first kappa shape index (κ1) is 11.8. The van der Waals surface area contributed by atoms with Crippen molar-refractivity contribution >= 4 is 38.5 Å². The lowest BCUT2D eigenvalue weighted by atomic mass is 10.1. The first-order chi connectivity index (χ1) is 8.76. The maximum absolute atomic E-state index is 5.83. The highest BCUT2D eigenvalue weighted by Gasteiger charge is 2.06. The molecule has 0 fully saturated rings. The maximum Gasteiger partial charge on any atom is 0.135 e. The highest BCUT2D eigenvalue weighted by atomic mass is 79.9. The Bertz CT molecular complexity index is 685. The standard InChI is InChI=1S/C15H10BrClO/c16-13-5-6-14-12(7-13)8-15(18-14)11-3-1-10(9-17)2-4-11/h1-8H,9H2. The third-order valence-corrected chi connectivity index (χ3v) is 3.67. The molecule has 0 saturated heterocycles. The van der Waals surface area contributed by atoms with E-state index in [2.05, 4.69) is 28.1 Å². The second-order valence-electron chi connectivity index (χ2n) is 4.12. The van der Waals surface area contributed by atoms with Gasteiger partial charge in [0.25, 0.3) is 0 Å². The molecule has 0 aliphatic heterocycles. The fourth-order valence-electron chi connectivity index (χ4n) is 1.91. The second kappa shape index (κ2) is 4.79. The molecule has 0 radical (unpaired) electrons. The number of hydrogen-bond donors (Lipinski definition) is 0. The quantitative estimate of drug-likeness (QED) is 0.560. The van der Waals surface area contributed by atoms with E-state index in [4.69, 9.17) is 16.0 Å². The summed E-state index contributed by atoms with van der Waals surface area (Å²) in [6.07, 6.45) is 0. The van der Waals surface area contributed by atoms with E-state index in [0.717, 1.165) is 32.3 Å². The van der Waals surface area contributed by atoms with Gasteiger partial charge in [-0.1, -0.05) is 40.2 Å². The number of rotatable bonds is 2. The molecule has 18 heavy (non-hydrogen) atoms. The van der Waals surface area contributed by atoms with E-state index in [1.807, 2.05) is 36.4 Å². The van der Waals surface area contributed by atoms with Gasteiger partial charge in [0, 0.05) is 21.3 Å². The van der Waals surface area contributed by atoms with Crippen molar-refractivity contribution in [1.82, 2.24) is 0 Å². The molecule has 0 bridgehead atoms. The lowest BCUT2D eigenvalue weighted by molar-refractivity contribution is 0.631. The van der Waals surface area contributed by atoms with Gasteiger partial charge in [0.05, 0.1) is 0 Å². The van der Waals surface area contributed by atoms with Gasteiger partial charge >= 0.3 is 0 Å². The summed E-state index contributed by atoms with van der Waals surface area (Å²) in [5, 5.41) is 1.10. The van der Waals surface area contributed by atoms with Gasteiger partial charge < -0.3 is 4.42 Å². The molecule has 0 aliphatic rings. The van der Waals surface area contributed by atoms with Gasteiger partial charge in [-0.2, -0.15) is 0 Å². The highest BCUT2D eigenvalue weighted by molar-refractivity contribution is 9.10. The van der Waals surface area contributed by atoms with Crippen LogP contribution in [0.1, 0.15) is 5.56 Å². The Labute approximate surface area is 119 Å². The zero-order valence-electron chi connectivity index (χ0n) is 9.49. The van der Waals surface area contributed by atoms with E-state index in [0.29, 0.717) is 5.88 Å². The summed E-state index contributed by atoms with van der Waals surface area (Å²) < 4.78 is 6.88. The van der Waals surface area contributed by atoms with Gasteiger partial charge in [-0.3, -0.25) is 0 Å². The summed E-state index contributed by atoms with van der Waals surface area (Å²) in [6, 6.07) is 16.2. The molecule has 1 aromatic heterocycles. The molecule has 3 aromatic rings. The Kier molecular flexibility index (Phi) is 3.14. The van der Waals surface area contributed by atoms with Crippen LogP contribution in [0.3, 0.4) is 0 Å². The van der Waals surface area contributed by atoms with Gasteiger partial charge in [-0.25, -0.2) is 0 Å². The fraction of sp³-hybridized carbons (Fsp3) is 0.0667. The van der Waals surface area contributed by atoms with Gasteiger partial charge in [0.2, 0.25) is 0 Å². The minimum absolute atomic E-state index is 0.535. The summed E-state index contributed by atoms with van der Waals surface area (Å²) in [5.74, 6) is 1.41. The number of furan rings is 1. The number of hydrogen-bond acceptors (Lipinski definition) is 1. The molecule has 90 valence electrons. The minimum atomic E-state index is 0.535. The summed E-state index contributed by atoms with van der Waals surface area (Å²) in [4.78, 5) is 0. The van der Waals surface area contributed by atoms with Crippen LogP contribution in [-0.2, 0) is 5.88 Å². The number of halogens is 2. The van der Waals surface area contributed by atoms with Crippen molar-refractivity contribution < 1.29 is 4.42 Å². The van der Waals surface area contributed by atoms with Crippen molar-refractivity contribution in [3.8, 4) is 11.3 Å². The maximum atomic E-state index is 5.83. The zero-order valence-corrected chi connectivity index (χ0v) is 11.8. The van der Waals surface area contributed by atoms with E-state index in [9.17, 15) is 0 Å². The van der Waals surface area contributed by atoms with Crippen molar-refractivity contribution in [3.63, 3.8) is 0 Å². The topological polar surface area (TPSA) is 13.1 Å². The largest absolute Gasteiger partial charge is 0.456 e. The molecule has 0 spiro atoms. The summed E-state index contributed by atoms with van der Waals surface area (Å²) in [7, 11) is 0. The highest BCUT2D eigenvalue weighted by Crippen LogP contribution is 2.29. The van der Waals surface area contributed by atoms with Crippen LogP contribution >= 0.6 is 27.5 Å². The lowest BCUT2D eigenvalue weighted by Gasteiger charge is -1.98. The average molecular weight is 322 g/mol. The van der Waals surface area contributed by atoms with E-state index >= 15 is 0 Å². The van der Waals surface area contributed by atoms with E-state index in [-0.39, 0.29) is 0 Å². The van der Waals surface area contributed by atoms with E-state index in [1.165, 1.54) is 0 Å². The summed E-state index contributed by atoms with van der Waals surface area (Å²) in [6.45, 7) is 0. The smallest absolute Gasteiger partial charge is 0.135 e. The zero-order chi connectivity index (χ0) is 12.5. The van der Waals surface area contributed by atoms with E-state index in [1.54, 1.807) is 0 Å². The molecule has 0 saturated carbocycles. The Morgan fingerprint density at radius 1 is 1.00 bits per heavy atom. The molecule has 0 amide bonds. The number of alkyl halides is 1. The molecule has 3 rings (SSSR count). The molecular weight excluding hydrogens is 312 g/mol. The molecule has 0 unspecified atom stereocenters. The van der Waals surface area contributed by atoms with Crippen LogP contribution < -0.4 is 0 Å². The van der Waals surface area contributed by atoms with Gasteiger partial charge in [0.15, 0.2) is 0 Å². The predicted octanol–water partition coefficient (Wildman–Crippen LogP) is 5.60. The van der Waals surface area contributed by atoms with Crippen LogP contribution in [0.4, 0.5) is 0 Å². The molecule has 0 N–H and O–H groups in total. The number of fused-ring (bicyclic) bond motifs is 1. The van der Waals surface area contributed by atoms with Gasteiger partial charge in [-0.15, -0.1) is 11.6 Å². The first-order valence-electron chi connectivity index (χ1n) is 5.60. The van der Waals surface area contributed by atoms with Crippen LogP contribution in [0.5, 0.6) is 0 Å². The SMILES string of the molecule is ClCc1ccc(-c2cc3cc(Br)ccc3o2)cc1. The van der Waals surface area contributed by atoms with Crippen molar-refractivity contribution in [1.29, 1.82) is 0 Å². The van der Waals surface area contributed by atoms with Crippen LogP contribution in [0.25, 0.3) is 22.3 Å². The van der Waals surface area contributed by atoms with Crippen molar-refractivity contribution in [2.45, 2.75) is 5.88 Å². The van der Waals surface area contributed by atoms with Gasteiger partial charge in [-0.05, 0) is 29.8 Å². The Morgan fingerprint density at radius 2 is 1.78 bits per heavy atom. The molecule has 3 heteroatoms. The summed E-state index contributed by atoms with van der Waals surface area (Å²) in [5.41, 5.74) is 3.07. The Morgan fingerprint density at radius 3 is 2.50 bits per heavy atom. The Balaban J connectivity index is 2.07. The normalized spacial score (nSPS) is 11.0. The predicted molar refractivity (Wildman–Crippen MR) is 78.9 cm³/mol. The third kappa shape index (κ3) is 2.18. The molecule has 1 heterocycles. The third-order valence-electron chi connectivity index (χ3n) is 2.87. The van der Waals surface area contributed by atoms with Crippen molar-refractivity contribution in [2.24, 2.45) is 0 Å². The number of benzene rings is 2. The second-order valence-corrected chi connectivity index (χ2v) is 5.31. The molecule has 0 aliphatic carbocycles. The van der Waals surface area contributed by atoms with Crippen LogP contribution in [-0.4, -0.2) is 0 Å². The van der Waals surface area contributed by atoms with Gasteiger partial charge in [0.1, 0.15) is 11.3 Å². The average Bonchev–Trinajstić information content (AvgIpc) is 2.81. The van der Waals surface area contributed by atoms with E-state index < -0.39 is 0 Å².